The number of aromatic nitrogens is 1. The van der Waals surface area contributed by atoms with E-state index in [4.69, 9.17) is 9.47 Å². The van der Waals surface area contributed by atoms with E-state index in [0.717, 1.165) is 0 Å². The normalized spacial score (nSPS) is 17.0. The fourth-order valence-corrected chi connectivity index (χ4v) is 6.51. The number of ether oxygens (including phenoxy) is 2. The number of amides is 2. The number of fused-ring (bicyclic) bond motifs is 1. The molecule has 2 amide bonds. The minimum atomic E-state index is -3.76. The molecule has 5 rings (SSSR count). The zero-order valence-corrected chi connectivity index (χ0v) is 21.6. The quantitative estimate of drug-likeness (QED) is 0.466. The van der Waals surface area contributed by atoms with Crippen LogP contribution in [0.3, 0.4) is 0 Å². The van der Waals surface area contributed by atoms with Crippen LogP contribution in [0.1, 0.15) is 17.3 Å². The van der Waals surface area contributed by atoms with Gasteiger partial charge >= 0.3 is 6.09 Å². The van der Waals surface area contributed by atoms with Gasteiger partial charge in [0.05, 0.1) is 29.3 Å². The van der Waals surface area contributed by atoms with E-state index in [-0.39, 0.29) is 55.2 Å². The van der Waals surface area contributed by atoms with Crippen molar-refractivity contribution >= 4 is 43.6 Å². The Balaban J connectivity index is 1.15. The van der Waals surface area contributed by atoms with E-state index in [1.165, 1.54) is 50.9 Å². The van der Waals surface area contributed by atoms with Gasteiger partial charge in [0.25, 0.3) is 11.1 Å². The second kappa shape index (κ2) is 10.2. The lowest BCUT2D eigenvalue weighted by molar-refractivity contribution is 0.0177. The average molecular weight is 549 g/mol. The summed E-state index contributed by atoms with van der Waals surface area (Å²) in [6, 6.07) is 10.6. The number of carbonyl (C=O) groups is 2. The lowest BCUT2D eigenvalue weighted by atomic mass is 10.1. The van der Waals surface area contributed by atoms with Crippen molar-refractivity contribution in [2.45, 2.75) is 17.9 Å². The molecule has 2 aromatic carbocycles. The molecule has 2 aliphatic heterocycles. The molecular weight excluding hydrogens is 523 g/mol. The Morgan fingerprint density at radius 1 is 1.05 bits per heavy atom. The Morgan fingerprint density at radius 3 is 2.41 bits per heavy atom. The number of piperazine rings is 1. The van der Waals surface area contributed by atoms with Crippen LogP contribution in [0.15, 0.2) is 47.4 Å². The topological polar surface area (TPSA) is 109 Å². The summed E-state index contributed by atoms with van der Waals surface area (Å²) in [5.41, 5.74) is 0.636. The van der Waals surface area contributed by atoms with Crippen molar-refractivity contribution in [3.05, 3.63) is 53.8 Å². The summed E-state index contributed by atoms with van der Waals surface area (Å²) in [5.74, 6) is -0.638. The molecule has 2 fully saturated rings. The first-order valence-electron chi connectivity index (χ1n) is 11.8. The molecule has 0 bridgehead atoms. The highest BCUT2D eigenvalue weighted by Gasteiger charge is 2.34. The third kappa shape index (κ3) is 5.11. The number of sulfonamides is 1. The second-order valence-electron chi connectivity index (χ2n) is 8.63. The van der Waals surface area contributed by atoms with Gasteiger partial charge in [-0.25, -0.2) is 17.6 Å². The number of nitrogens with zero attached hydrogens (tertiary/aromatic N) is 4. The molecule has 37 heavy (non-hydrogen) atoms. The van der Waals surface area contributed by atoms with Crippen molar-refractivity contribution in [2.24, 2.45) is 0 Å². The lowest BCUT2D eigenvalue weighted by Crippen LogP contribution is -2.56. The largest absolute Gasteiger partial charge is 0.463 e. The van der Waals surface area contributed by atoms with Crippen LogP contribution >= 0.6 is 11.3 Å². The summed E-state index contributed by atoms with van der Waals surface area (Å²) in [4.78, 5) is 32.0. The first-order valence-corrected chi connectivity index (χ1v) is 14.0. The van der Waals surface area contributed by atoms with Crippen LogP contribution in [0.2, 0.25) is 0 Å². The molecule has 2 saturated heterocycles. The zero-order valence-electron chi connectivity index (χ0n) is 20.0. The van der Waals surface area contributed by atoms with Crippen molar-refractivity contribution in [3.8, 4) is 5.19 Å². The fourth-order valence-electron chi connectivity index (χ4n) is 4.19. The molecule has 0 spiro atoms. The van der Waals surface area contributed by atoms with Crippen LogP contribution in [-0.4, -0.2) is 91.5 Å². The van der Waals surface area contributed by atoms with Gasteiger partial charge < -0.3 is 19.3 Å². The van der Waals surface area contributed by atoms with Crippen LogP contribution in [0.4, 0.5) is 9.18 Å². The molecule has 196 valence electrons. The highest BCUT2D eigenvalue weighted by atomic mass is 32.2. The van der Waals surface area contributed by atoms with Crippen molar-refractivity contribution in [1.82, 2.24) is 19.1 Å². The maximum atomic E-state index is 13.8. The monoisotopic (exact) mass is 548 g/mol. The van der Waals surface area contributed by atoms with E-state index in [9.17, 15) is 22.4 Å². The fraction of sp³-hybridized carbons (Fsp3) is 0.375. The number of hydrogen-bond acceptors (Lipinski definition) is 8. The van der Waals surface area contributed by atoms with Crippen molar-refractivity contribution < 1.29 is 31.9 Å². The van der Waals surface area contributed by atoms with Gasteiger partial charge in [0.15, 0.2) is 0 Å². The maximum absolute atomic E-state index is 13.8. The van der Waals surface area contributed by atoms with Gasteiger partial charge in [-0.15, -0.1) is 0 Å². The van der Waals surface area contributed by atoms with Crippen LogP contribution in [0, 0.1) is 5.82 Å². The molecule has 3 heterocycles. The molecule has 0 radical (unpaired) electrons. The Labute approximate surface area is 217 Å². The standard InChI is InChI=1S/C24H25FN4O6S2/c1-2-34-24(31)27-10-12-29(13-11-27)37(32,33)18-8-6-16(7-9-18)22(30)28-14-17(15-28)35-23-26-21-19(25)4-3-5-20(21)36-23/h3-9,17H,2,10-15H2,1H3. The summed E-state index contributed by atoms with van der Waals surface area (Å²) < 4.78 is 52.7. The van der Waals surface area contributed by atoms with Crippen molar-refractivity contribution in [3.63, 3.8) is 0 Å². The number of halogens is 1. The van der Waals surface area contributed by atoms with Gasteiger partial charge in [-0.3, -0.25) is 4.79 Å². The minimum Gasteiger partial charge on any atom is -0.463 e. The third-order valence-electron chi connectivity index (χ3n) is 6.26. The number of benzene rings is 2. The summed E-state index contributed by atoms with van der Waals surface area (Å²) in [7, 11) is -3.76. The molecule has 1 aromatic heterocycles. The van der Waals surface area contributed by atoms with Gasteiger partial charge in [0, 0.05) is 31.7 Å². The van der Waals surface area contributed by atoms with Gasteiger partial charge in [-0.1, -0.05) is 17.4 Å². The van der Waals surface area contributed by atoms with Gasteiger partial charge in [0.2, 0.25) is 10.0 Å². The molecule has 0 unspecified atom stereocenters. The molecule has 10 nitrogen and oxygen atoms in total. The van der Waals surface area contributed by atoms with Crippen molar-refractivity contribution in [1.29, 1.82) is 0 Å². The van der Waals surface area contributed by atoms with Crippen molar-refractivity contribution in [2.75, 3.05) is 45.9 Å². The van der Waals surface area contributed by atoms with E-state index in [0.29, 0.717) is 28.5 Å². The SMILES string of the molecule is CCOC(=O)N1CCN(S(=O)(=O)c2ccc(C(=O)N3CC(Oc4nc5c(F)cccc5s4)C3)cc2)CC1. The van der Waals surface area contributed by atoms with Crippen LogP contribution < -0.4 is 4.74 Å². The Bertz CT molecular complexity index is 1410. The number of thiazole rings is 1. The Morgan fingerprint density at radius 2 is 1.76 bits per heavy atom. The number of para-hydroxylation sites is 1. The van der Waals surface area contributed by atoms with E-state index >= 15 is 0 Å². The summed E-state index contributed by atoms with van der Waals surface area (Å²) in [6.45, 7) is 3.50. The lowest BCUT2D eigenvalue weighted by Gasteiger charge is -2.38. The minimum absolute atomic E-state index is 0.0847. The van der Waals surface area contributed by atoms with Crippen LogP contribution in [0.25, 0.3) is 10.2 Å². The molecule has 0 N–H and O–H groups in total. The number of hydrogen-bond donors (Lipinski definition) is 0. The maximum Gasteiger partial charge on any atom is 0.409 e. The summed E-state index contributed by atoms with van der Waals surface area (Å²) >= 11 is 1.25. The van der Waals surface area contributed by atoms with Crippen LogP contribution in [-0.2, 0) is 14.8 Å². The van der Waals surface area contributed by atoms with E-state index in [1.54, 1.807) is 24.0 Å². The molecular formula is C24H25FN4O6S2. The van der Waals surface area contributed by atoms with Gasteiger partial charge in [-0.2, -0.15) is 9.29 Å². The first-order chi connectivity index (χ1) is 17.8. The number of carbonyl (C=O) groups excluding carboxylic acids is 2. The van der Waals surface area contributed by atoms with Gasteiger partial charge in [0.1, 0.15) is 17.4 Å². The smallest absolute Gasteiger partial charge is 0.409 e. The van der Waals surface area contributed by atoms with E-state index in [1.807, 2.05) is 0 Å². The summed E-state index contributed by atoms with van der Waals surface area (Å²) in [5, 5.41) is 0.356. The van der Waals surface area contributed by atoms with Crippen LogP contribution in [0.5, 0.6) is 5.19 Å². The average Bonchev–Trinajstić information content (AvgIpc) is 3.30. The molecule has 0 aliphatic carbocycles. The highest BCUT2D eigenvalue weighted by molar-refractivity contribution is 7.89. The van der Waals surface area contributed by atoms with Gasteiger partial charge in [-0.05, 0) is 43.3 Å². The Hall–Kier alpha value is -3.29. The second-order valence-corrected chi connectivity index (χ2v) is 11.6. The van der Waals surface area contributed by atoms with E-state index < -0.39 is 21.9 Å². The molecule has 13 heteroatoms. The highest BCUT2D eigenvalue weighted by Crippen LogP contribution is 2.31. The number of likely N-dealkylation sites (tertiary alicyclic amines) is 1. The molecule has 0 saturated carbocycles. The van der Waals surface area contributed by atoms with E-state index in [2.05, 4.69) is 4.98 Å². The first kappa shape index (κ1) is 25.4. The predicted octanol–water partition coefficient (Wildman–Crippen LogP) is 2.80. The molecule has 0 atom stereocenters. The molecule has 2 aliphatic rings. The predicted molar refractivity (Wildman–Crippen MR) is 134 cm³/mol. The third-order valence-corrected chi connectivity index (χ3v) is 9.08. The zero-order chi connectivity index (χ0) is 26.2. The molecule has 3 aromatic rings. The number of rotatable bonds is 6. The Kier molecular flexibility index (Phi) is 7.01. The summed E-state index contributed by atoms with van der Waals surface area (Å²) in [6.07, 6.45) is -0.699.